The molecule has 122 valence electrons. The Bertz CT molecular complexity index is 924. The highest BCUT2D eigenvalue weighted by Crippen LogP contribution is 2.45. The van der Waals surface area contributed by atoms with E-state index in [4.69, 9.17) is 4.52 Å². The minimum absolute atomic E-state index is 0.0347. The largest absolute Gasteiger partial charge is 0.332 e. The second kappa shape index (κ2) is 5.02. The molecule has 1 amide bonds. The molecule has 7 heteroatoms. The summed E-state index contributed by atoms with van der Waals surface area (Å²) in [7, 11) is 0. The number of aromatic nitrogens is 4. The number of carbonyl (C=O) groups is 1. The molecule has 1 aromatic carbocycles. The van der Waals surface area contributed by atoms with Crippen LogP contribution in [0.3, 0.4) is 0 Å². The van der Waals surface area contributed by atoms with E-state index in [-0.39, 0.29) is 11.9 Å². The van der Waals surface area contributed by atoms with E-state index in [1.807, 2.05) is 42.7 Å². The molecule has 0 saturated carbocycles. The third-order valence-electron chi connectivity index (χ3n) is 4.46. The van der Waals surface area contributed by atoms with Crippen LogP contribution < -0.4 is 5.32 Å². The van der Waals surface area contributed by atoms with Crippen molar-refractivity contribution in [1.29, 1.82) is 0 Å². The van der Waals surface area contributed by atoms with Crippen LogP contribution in [0.2, 0.25) is 0 Å². The number of nitrogens with zero attached hydrogens (tertiary/aromatic N) is 4. The molecule has 1 aliphatic heterocycles. The Balaban J connectivity index is 1.93. The van der Waals surface area contributed by atoms with Crippen molar-refractivity contribution in [3.8, 4) is 11.6 Å². The van der Waals surface area contributed by atoms with Gasteiger partial charge in [-0.15, -0.1) is 0 Å². The van der Waals surface area contributed by atoms with Gasteiger partial charge >= 0.3 is 0 Å². The number of anilines is 1. The number of nitrogens with one attached hydrogen (secondary N) is 1. The fraction of sp³-hybridized carbons (Fsp3) is 0.294. The van der Waals surface area contributed by atoms with Crippen molar-refractivity contribution in [2.24, 2.45) is 5.41 Å². The fourth-order valence-corrected chi connectivity index (χ4v) is 3.22. The maximum Gasteiger partial charge on any atom is 0.276 e. The fourth-order valence-electron chi connectivity index (χ4n) is 3.22. The first-order chi connectivity index (χ1) is 11.5. The van der Waals surface area contributed by atoms with Gasteiger partial charge < -0.3 is 14.4 Å². The first kappa shape index (κ1) is 14.6. The van der Waals surface area contributed by atoms with Crippen molar-refractivity contribution in [3.63, 3.8) is 0 Å². The van der Waals surface area contributed by atoms with Crippen molar-refractivity contribution in [2.45, 2.75) is 26.8 Å². The van der Waals surface area contributed by atoms with Crippen LogP contribution in [0.5, 0.6) is 0 Å². The minimum atomic E-state index is -0.668. The maximum absolute atomic E-state index is 12.6. The van der Waals surface area contributed by atoms with Crippen molar-refractivity contribution in [1.82, 2.24) is 19.7 Å². The van der Waals surface area contributed by atoms with E-state index >= 15 is 0 Å². The van der Waals surface area contributed by atoms with E-state index in [2.05, 4.69) is 20.4 Å². The molecular formula is C17H17N5O2. The molecule has 1 N–H and O–H groups in total. The van der Waals surface area contributed by atoms with E-state index < -0.39 is 5.41 Å². The summed E-state index contributed by atoms with van der Waals surface area (Å²) in [5.41, 5.74) is 1.86. The van der Waals surface area contributed by atoms with E-state index in [0.717, 1.165) is 11.3 Å². The first-order valence-electron chi connectivity index (χ1n) is 7.71. The van der Waals surface area contributed by atoms with Crippen LogP contribution in [0.4, 0.5) is 5.69 Å². The van der Waals surface area contributed by atoms with Crippen LogP contribution in [-0.4, -0.2) is 25.6 Å². The highest BCUT2D eigenvalue weighted by molar-refractivity contribution is 5.99. The van der Waals surface area contributed by atoms with Crippen molar-refractivity contribution >= 4 is 11.6 Å². The number of fused-ring (bicyclic) bond motifs is 1. The zero-order valence-corrected chi connectivity index (χ0v) is 13.6. The molecule has 7 nitrogen and oxygen atoms in total. The van der Waals surface area contributed by atoms with Gasteiger partial charge in [-0.1, -0.05) is 23.4 Å². The summed E-state index contributed by atoms with van der Waals surface area (Å²) >= 11 is 0. The third-order valence-corrected chi connectivity index (χ3v) is 4.46. The second-order valence-electron chi connectivity index (χ2n) is 6.50. The summed E-state index contributed by atoms with van der Waals surface area (Å²) in [6.45, 7) is 5.61. The molecule has 0 fully saturated rings. The zero-order chi connectivity index (χ0) is 16.9. The lowest BCUT2D eigenvalue weighted by Gasteiger charge is -2.39. The predicted octanol–water partition coefficient (Wildman–Crippen LogP) is 2.81. The van der Waals surface area contributed by atoms with Gasteiger partial charge in [-0.05, 0) is 32.4 Å². The number of rotatable bonds is 2. The molecule has 3 aromatic rings. The molecule has 0 bridgehead atoms. The smallest absolute Gasteiger partial charge is 0.276 e. The zero-order valence-electron chi connectivity index (χ0n) is 13.6. The van der Waals surface area contributed by atoms with Gasteiger partial charge in [0.25, 0.3) is 5.89 Å². The van der Waals surface area contributed by atoms with Crippen molar-refractivity contribution in [3.05, 3.63) is 48.2 Å². The molecule has 0 radical (unpaired) electrons. The number of imidazole rings is 1. The quantitative estimate of drug-likeness (QED) is 0.783. The number of hydrogen-bond donors (Lipinski definition) is 1. The van der Waals surface area contributed by atoms with Crippen molar-refractivity contribution < 1.29 is 9.32 Å². The van der Waals surface area contributed by atoms with Gasteiger partial charge in [0, 0.05) is 5.69 Å². The Labute approximate surface area is 138 Å². The Morgan fingerprint density at radius 2 is 2.08 bits per heavy atom. The van der Waals surface area contributed by atoms with Gasteiger partial charge in [0.2, 0.25) is 5.91 Å². The monoisotopic (exact) mass is 323 g/mol. The standard InChI is InChI=1S/C17H17N5O2/c1-10-19-15(24-21-10)13-8-18-9-22(13)14-11-6-4-5-7-12(11)20-16(23)17(14,2)3/h4-9,14H,1-3H3,(H,20,23). The summed E-state index contributed by atoms with van der Waals surface area (Å²) in [6, 6.07) is 7.57. The number of para-hydroxylation sites is 1. The predicted molar refractivity (Wildman–Crippen MR) is 87.2 cm³/mol. The normalized spacial score (nSPS) is 19.0. The van der Waals surface area contributed by atoms with Gasteiger partial charge in [-0.2, -0.15) is 4.98 Å². The van der Waals surface area contributed by atoms with Gasteiger partial charge in [-0.25, -0.2) is 4.98 Å². The van der Waals surface area contributed by atoms with Crippen LogP contribution in [0.1, 0.15) is 31.3 Å². The number of aryl methyl sites for hydroxylation is 1. The lowest BCUT2D eigenvalue weighted by Crippen LogP contribution is -2.43. The lowest BCUT2D eigenvalue weighted by atomic mass is 9.76. The highest BCUT2D eigenvalue weighted by atomic mass is 16.5. The Morgan fingerprint density at radius 3 is 2.83 bits per heavy atom. The lowest BCUT2D eigenvalue weighted by molar-refractivity contribution is -0.126. The number of benzene rings is 1. The Hall–Kier alpha value is -2.96. The van der Waals surface area contributed by atoms with Crippen LogP contribution >= 0.6 is 0 Å². The number of amides is 1. The van der Waals surface area contributed by atoms with Gasteiger partial charge in [0.15, 0.2) is 5.82 Å². The molecule has 0 spiro atoms. The molecule has 1 atom stereocenters. The first-order valence-corrected chi connectivity index (χ1v) is 7.71. The number of hydrogen-bond acceptors (Lipinski definition) is 5. The molecule has 4 rings (SSSR count). The summed E-state index contributed by atoms with van der Waals surface area (Å²) in [4.78, 5) is 21.2. The van der Waals surface area contributed by atoms with Crippen LogP contribution in [0.15, 0.2) is 41.3 Å². The van der Waals surface area contributed by atoms with Crippen LogP contribution in [-0.2, 0) is 4.79 Å². The summed E-state index contributed by atoms with van der Waals surface area (Å²) in [5.74, 6) is 0.913. The van der Waals surface area contributed by atoms with E-state index in [1.165, 1.54) is 0 Å². The molecular weight excluding hydrogens is 306 g/mol. The summed E-state index contributed by atoms with van der Waals surface area (Å²) in [5, 5.41) is 6.83. The average molecular weight is 323 g/mol. The molecule has 2 aromatic heterocycles. The molecule has 24 heavy (non-hydrogen) atoms. The van der Waals surface area contributed by atoms with Crippen LogP contribution in [0, 0.1) is 12.3 Å². The van der Waals surface area contributed by atoms with E-state index in [1.54, 1.807) is 19.4 Å². The highest BCUT2D eigenvalue weighted by Gasteiger charge is 2.44. The van der Waals surface area contributed by atoms with Gasteiger partial charge in [0.05, 0.1) is 24.0 Å². The average Bonchev–Trinajstić information content (AvgIpc) is 3.17. The van der Waals surface area contributed by atoms with Crippen molar-refractivity contribution in [2.75, 3.05) is 5.32 Å². The third kappa shape index (κ3) is 2.05. The molecule has 1 aliphatic rings. The van der Waals surface area contributed by atoms with E-state index in [9.17, 15) is 4.79 Å². The topological polar surface area (TPSA) is 85.8 Å². The van der Waals surface area contributed by atoms with Crippen LogP contribution in [0.25, 0.3) is 11.6 Å². The molecule has 3 heterocycles. The Morgan fingerprint density at radius 1 is 1.29 bits per heavy atom. The van der Waals surface area contributed by atoms with E-state index in [0.29, 0.717) is 17.4 Å². The maximum atomic E-state index is 12.6. The van der Waals surface area contributed by atoms with Gasteiger partial charge in [-0.3, -0.25) is 4.79 Å². The Kier molecular flexibility index (Phi) is 3.06. The van der Waals surface area contributed by atoms with Gasteiger partial charge in [0.1, 0.15) is 5.69 Å². The molecule has 1 unspecified atom stereocenters. The second-order valence-corrected chi connectivity index (χ2v) is 6.50. The summed E-state index contributed by atoms with van der Waals surface area (Å²) in [6.07, 6.45) is 3.38. The number of carbonyl (C=O) groups excluding carboxylic acids is 1. The summed E-state index contributed by atoms with van der Waals surface area (Å²) < 4.78 is 7.24. The molecule has 0 saturated heterocycles. The molecule has 0 aliphatic carbocycles. The minimum Gasteiger partial charge on any atom is -0.332 e. The SMILES string of the molecule is Cc1noc(-c2cncn2C2c3ccccc3NC(=O)C2(C)C)n1.